The van der Waals surface area contributed by atoms with Gasteiger partial charge >= 0.3 is 0 Å². The number of rotatable bonds is 3. The number of hydrogen-bond donors (Lipinski definition) is 2. The minimum Gasteiger partial charge on any atom is -0.396 e. The maximum absolute atomic E-state index is 12.2. The molecule has 3 N–H and O–H groups in total. The number of carbonyl (C=O) groups excluding carboxylic acids is 1. The molecule has 0 radical (unpaired) electrons. The number of nitrogens with zero attached hydrogens (tertiary/aromatic N) is 2. The lowest BCUT2D eigenvalue weighted by atomic mass is 10.1. The monoisotopic (exact) mass is 292 g/mol. The Morgan fingerprint density at radius 1 is 1.45 bits per heavy atom. The van der Waals surface area contributed by atoms with Crippen LogP contribution >= 0.6 is 11.3 Å². The Kier molecular flexibility index (Phi) is 4.63. The van der Waals surface area contributed by atoms with E-state index in [1.165, 1.54) is 11.3 Å². The summed E-state index contributed by atoms with van der Waals surface area (Å²) >= 11 is 1.36. The first-order chi connectivity index (χ1) is 9.56. The van der Waals surface area contributed by atoms with E-state index in [-0.39, 0.29) is 11.7 Å². The standard InChI is InChI=1S/C14H20N4OS/c1-9(2)12(19)13-11(16)10(8-15)14(20-13)18-6-3-4-17-5-7-18/h9,17H,3-7,16H2,1-2H3. The van der Waals surface area contributed by atoms with Gasteiger partial charge in [-0.15, -0.1) is 11.3 Å². The molecule has 1 aromatic rings. The molecule has 1 saturated heterocycles. The van der Waals surface area contributed by atoms with Gasteiger partial charge in [0.2, 0.25) is 0 Å². The number of nitrogens with two attached hydrogens (primary N) is 1. The zero-order chi connectivity index (χ0) is 14.7. The van der Waals surface area contributed by atoms with Gasteiger partial charge in [0.1, 0.15) is 16.6 Å². The smallest absolute Gasteiger partial charge is 0.177 e. The van der Waals surface area contributed by atoms with E-state index in [2.05, 4.69) is 16.3 Å². The molecule has 0 bridgehead atoms. The van der Waals surface area contributed by atoms with Crippen LogP contribution in [-0.4, -0.2) is 32.0 Å². The van der Waals surface area contributed by atoms with Crippen LogP contribution in [0.3, 0.4) is 0 Å². The summed E-state index contributed by atoms with van der Waals surface area (Å²) in [6.45, 7) is 7.29. The summed E-state index contributed by atoms with van der Waals surface area (Å²) in [5.41, 5.74) is 6.83. The molecule has 0 spiro atoms. The molecule has 108 valence electrons. The van der Waals surface area contributed by atoms with Gasteiger partial charge in [-0.05, 0) is 13.0 Å². The van der Waals surface area contributed by atoms with E-state index in [1.54, 1.807) is 0 Å². The van der Waals surface area contributed by atoms with E-state index >= 15 is 0 Å². The summed E-state index contributed by atoms with van der Waals surface area (Å²) in [6, 6.07) is 2.17. The number of anilines is 2. The molecule has 0 aromatic carbocycles. The fourth-order valence-corrected chi connectivity index (χ4v) is 3.57. The molecule has 0 unspecified atom stereocenters. The molecule has 5 nitrogen and oxygen atoms in total. The number of Topliss-reactive ketones (excluding diaryl/α,β-unsaturated/α-hetero) is 1. The summed E-state index contributed by atoms with van der Waals surface area (Å²) in [5.74, 6) is -0.0932. The Bertz CT molecular complexity index is 536. The van der Waals surface area contributed by atoms with Gasteiger partial charge in [0.25, 0.3) is 0 Å². The Morgan fingerprint density at radius 2 is 2.20 bits per heavy atom. The molecule has 6 heteroatoms. The van der Waals surface area contributed by atoms with Crippen LogP contribution in [0.5, 0.6) is 0 Å². The van der Waals surface area contributed by atoms with Crippen LogP contribution in [0.1, 0.15) is 35.5 Å². The lowest BCUT2D eigenvalue weighted by molar-refractivity contribution is 0.0944. The fourth-order valence-electron chi connectivity index (χ4n) is 2.26. The highest BCUT2D eigenvalue weighted by Crippen LogP contribution is 2.39. The van der Waals surface area contributed by atoms with Crippen molar-refractivity contribution < 1.29 is 4.79 Å². The highest BCUT2D eigenvalue weighted by atomic mass is 32.1. The zero-order valence-electron chi connectivity index (χ0n) is 11.9. The van der Waals surface area contributed by atoms with Gasteiger partial charge < -0.3 is 16.0 Å². The van der Waals surface area contributed by atoms with Crippen LogP contribution < -0.4 is 16.0 Å². The Balaban J connectivity index is 2.40. The Morgan fingerprint density at radius 3 is 2.85 bits per heavy atom. The van der Waals surface area contributed by atoms with E-state index in [0.29, 0.717) is 16.1 Å². The summed E-state index contributed by atoms with van der Waals surface area (Å²) in [5, 5.41) is 13.5. The minimum atomic E-state index is -0.110. The molecule has 0 aliphatic carbocycles. The van der Waals surface area contributed by atoms with Crippen molar-refractivity contribution in [3.8, 4) is 6.07 Å². The van der Waals surface area contributed by atoms with Gasteiger partial charge in [0.05, 0.1) is 10.6 Å². The van der Waals surface area contributed by atoms with Crippen LogP contribution in [-0.2, 0) is 0 Å². The first-order valence-electron chi connectivity index (χ1n) is 6.88. The highest BCUT2D eigenvalue weighted by Gasteiger charge is 2.25. The maximum Gasteiger partial charge on any atom is 0.177 e. The van der Waals surface area contributed by atoms with Gasteiger partial charge in [-0.2, -0.15) is 5.26 Å². The van der Waals surface area contributed by atoms with Crippen molar-refractivity contribution in [2.45, 2.75) is 20.3 Å². The maximum atomic E-state index is 12.2. The summed E-state index contributed by atoms with van der Waals surface area (Å²) in [4.78, 5) is 14.9. The highest BCUT2D eigenvalue weighted by molar-refractivity contribution is 7.19. The van der Waals surface area contributed by atoms with E-state index in [9.17, 15) is 10.1 Å². The van der Waals surface area contributed by atoms with Crippen LogP contribution in [0, 0.1) is 17.2 Å². The van der Waals surface area contributed by atoms with Crippen LogP contribution in [0.25, 0.3) is 0 Å². The predicted octanol–water partition coefficient (Wildman–Crippen LogP) is 1.84. The molecule has 0 saturated carbocycles. The number of hydrogen-bond acceptors (Lipinski definition) is 6. The van der Waals surface area contributed by atoms with Crippen LogP contribution in [0.2, 0.25) is 0 Å². The molecule has 0 amide bonds. The van der Waals surface area contributed by atoms with E-state index < -0.39 is 0 Å². The third-order valence-electron chi connectivity index (χ3n) is 3.41. The lowest BCUT2D eigenvalue weighted by Crippen LogP contribution is -2.27. The molecule has 1 aliphatic heterocycles. The van der Waals surface area contributed by atoms with Crippen molar-refractivity contribution in [2.75, 3.05) is 36.8 Å². The lowest BCUT2D eigenvalue weighted by Gasteiger charge is -2.20. The number of ketones is 1. The number of nitrogen functional groups attached to an aromatic ring is 1. The second kappa shape index (κ2) is 6.25. The molecule has 2 heterocycles. The Labute approximate surface area is 123 Å². The van der Waals surface area contributed by atoms with Crippen LogP contribution in [0.15, 0.2) is 0 Å². The first-order valence-corrected chi connectivity index (χ1v) is 7.70. The van der Waals surface area contributed by atoms with Crippen molar-refractivity contribution in [1.29, 1.82) is 5.26 Å². The van der Waals surface area contributed by atoms with Crippen molar-refractivity contribution in [2.24, 2.45) is 5.92 Å². The normalized spacial score (nSPS) is 16.0. The Hall–Kier alpha value is -1.58. The van der Waals surface area contributed by atoms with Crippen molar-refractivity contribution in [1.82, 2.24) is 5.32 Å². The largest absolute Gasteiger partial charge is 0.396 e. The molecule has 0 atom stereocenters. The fraction of sp³-hybridized carbons (Fsp3) is 0.571. The molecule has 1 aromatic heterocycles. The van der Waals surface area contributed by atoms with Crippen molar-refractivity contribution >= 4 is 27.8 Å². The summed E-state index contributed by atoms with van der Waals surface area (Å²) in [6.07, 6.45) is 1.02. The number of thiophene rings is 1. The molecular weight excluding hydrogens is 272 g/mol. The summed E-state index contributed by atoms with van der Waals surface area (Å²) < 4.78 is 0. The van der Waals surface area contributed by atoms with Gasteiger partial charge in [-0.25, -0.2) is 0 Å². The second-order valence-electron chi connectivity index (χ2n) is 5.25. The molecule has 20 heavy (non-hydrogen) atoms. The number of nitrogens with one attached hydrogen (secondary N) is 1. The van der Waals surface area contributed by atoms with E-state index in [1.807, 2.05) is 13.8 Å². The van der Waals surface area contributed by atoms with E-state index in [4.69, 9.17) is 5.73 Å². The SMILES string of the molecule is CC(C)C(=O)c1sc(N2CCCNCC2)c(C#N)c1N. The van der Waals surface area contributed by atoms with Gasteiger partial charge in [0.15, 0.2) is 5.78 Å². The molecule has 2 rings (SSSR count). The molecule has 1 fully saturated rings. The van der Waals surface area contributed by atoms with Crippen molar-refractivity contribution in [3.63, 3.8) is 0 Å². The van der Waals surface area contributed by atoms with Gasteiger partial charge in [0, 0.05) is 25.6 Å². The second-order valence-corrected chi connectivity index (χ2v) is 6.25. The number of nitriles is 1. The van der Waals surface area contributed by atoms with Crippen molar-refractivity contribution in [3.05, 3.63) is 10.4 Å². The third kappa shape index (κ3) is 2.79. The van der Waals surface area contributed by atoms with Gasteiger partial charge in [-0.3, -0.25) is 4.79 Å². The topological polar surface area (TPSA) is 82.2 Å². The average Bonchev–Trinajstić information content (AvgIpc) is 2.62. The predicted molar refractivity (Wildman–Crippen MR) is 82.3 cm³/mol. The molecule has 1 aliphatic rings. The minimum absolute atomic E-state index is 0.0168. The van der Waals surface area contributed by atoms with E-state index in [0.717, 1.165) is 37.6 Å². The third-order valence-corrected chi connectivity index (χ3v) is 4.69. The first kappa shape index (κ1) is 14.8. The average molecular weight is 292 g/mol. The molecular formula is C14H20N4OS. The van der Waals surface area contributed by atoms with Gasteiger partial charge in [-0.1, -0.05) is 13.8 Å². The summed E-state index contributed by atoms with van der Waals surface area (Å²) in [7, 11) is 0. The quantitative estimate of drug-likeness (QED) is 0.831. The van der Waals surface area contributed by atoms with Crippen LogP contribution in [0.4, 0.5) is 10.7 Å². The number of carbonyl (C=O) groups is 1. The zero-order valence-corrected chi connectivity index (χ0v) is 12.7.